The molecule has 1 heterocycles. The van der Waals surface area contributed by atoms with E-state index in [-0.39, 0.29) is 18.4 Å². The van der Waals surface area contributed by atoms with Crippen LogP contribution in [0.25, 0.3) is 0 Å². The van der Waals surface area contributed by atoms with E-state index in [0.29, 0.717) is 12.5 Å². The van der Waals surface area contributed by atoms with E-state index < -0.39 is 10.2 Å². The van der Waals surface area contributed by atoms with Gasteiger partial charge in [-0.05, 0) is 18.8 Å². The summed E-state index contributed by atoms with van der Waals surface area (Å²) < 4.78 is 27.3. The lowest BCUT2D eigenvalue weighted by molar-refractivity contribution is -0.128. The van der Waals surface area contributed by atoms with Crippen LogP contribution in [0, 0.1) is 5.92 Å². The van der Waals surface area contributed by atoms with E-state index in [1.165, 1.54) is 46.2 Å². The van der Waals surface area contributed by atoms with Crippen LogP contribution in [0.3, 0.4) is 0 Å². The Hall–Kier alpha value is -0.660. The molecular weight excluding hydrogens is 278 g/mol. The highest BCUT2D eigenvalue weighted by molar-refractivity contribution is 7.87. The number of likely N-dealkylation sites (tertiary alicyclic amines) is 1. The van der Waals surface area contributed by atoms with Crippen molar-refractivity contribution in [2.75, 3.05) is 27.2 Å². The molecule has 1 saturated heterocycles. The van der Waals surface area contributed by atoms with Gasteiger partial charge in [0.05, 0.1) is 0 Å². The summed E-state index contributed by atoms with van der Waals surface area (Å²) in [7, 11) is -0.487. The van der Waals surface area contributed by atoms with Gasteiger partial charge in [-0.1, -0.05) is 19.3 Å². The summed E-state index contributed by atoms with van der Waals surface area (Å²) in [6.45, 7) is 1.29. The average Bonchev–Trinajstić information content (AvgIpc) is 2.70. The van der Waals surface area contributed by atoms with Crippen molar-refractivity contribution in [3.63, 3.8) is 0 Å². The third-order valence-electron chi connectivity index (χ3n) is 4.21. The fourth-order valence-corrected chi connectivity index (χ4v) is 3.81. The first-order valence-corrected chi connectivity index (χ1v) is 8.80. The van der Waals surface area contributed by atoms with Crippen molar-refractivity contribution in [1.29, 1.82) is 0 Å². The van der Waals surface area contributed by atoms with E-state index in [0.717, 1.165) is 10.8 Å². The summed E-state index contributed by atoms with van der Waals surface area (Å²) in [6.07, 6.45) is 6.47. The molecule has 1 aliphatic carbocycles. The normalized spacial score (nSPS) is 25.6. The standard InChI is InChI=1S/C13H25N3O3S/c1-15(2)20(18,19)14-12-8-13(17)16(10-12)9-11-6-4-3-5-7-11/h11-12,14H,3-10H2,1-2H3/t12-/m0/s1. The Bertz CT molecular complexity index is 444. The quantitative estimate of drug-likeness (QED) is 0.807. The van der Waals surface area contributed by atoms with Crippen LogP contribution in [0.5, 0.6) is 0 Å². The highest BCUT2D eigenvalue weighted by Gasteiger charge is 2.34. The molecule has 1 N–H and O–H groups in total. The Kier molecular flexibility index (Phi) is 5.04. The Morgan fingerprint density at radius 3 is 2.50 bits per heavy atom. The van der Waals surface area contributed by atoms with Crippen molar-refractivity contribution < 1.29 is 13.2 Å². The molecule has 7 heteroatoms. The number of carbonyl (C=O) groups excluding carboxylic acids is 1. The minimum Gasteiger partial charge on any atom is -0.341 e. The topological polar surface area (TPSA) is 69.7 Å². The number of hydrogen-bond donors (Lipinski definition) is 1. The first-order valence-electron chi connectivity index (χ1n) is 7.36. The molecule has 2 aliphatic rings. The summed E-state index contributed by atoms with van der Waals surface area (Å²) in [5, 5.41) is 0. The van der Waals surface area contributed by atoms with Crippen molar-refractivity contribution in [2.24, 2.45) is 5.92 Å². The second-order valence-corrected chi connectivity index (χ2v) is 8.03. The highest BCUT2D eigenvalue weighted by atomic mass is 32.2. The Balaban J connectivity index is 1.87. The number of nitrogens with zero attached hydrogens (tertiary/aromatic N) is 2. The molecule has 20 heavy (non-hydrogen) atoms. The van der Waals surface area contributed by atoms with Gasteiger partial charge in [-0.25, -0.2) is 0 Å². The molecule has 0 aromatic rings. The SMILES string of the molecule is CN(C)S(=O)(=O)N[C@H]1CC(=O)N(CC2CCCCC2)C1. The van der Waals surface area contributed by atoms with E-state index in [2.05, 4.69) is 4.72 Å². The monoisotopic (exact) mass is 303 g/mol. The van der Waals surface area contributed by atoms with Gasteiger partial charge in [-0.15, -0.1) is 0 Å². The second kappa shape index (κ2) is 6.41. The van der Waals surface area contributed by atoms with Gasteiger partial charge >= 0.3 is 0 Å². The maximum Gasteiger partial charge on any atom is 0.279 e. The molecule has 0 bridgehead atoms. The molecule has 0 aromatic carbocycles. The molecule has 0 aromatic heterocycles. The largest absolute Gasteiger partial charge is 0.341 e. The lowest BCUT2D eigenvalue weighted by Crippen LogP contribution is -2.43. The van der Waals surface area contributed by atoms with Gasteiger partial charge in [0.2, 0.25) is 5.91 Å². The Morgan fingerprint density at radius 2 is 1.90 bits per heavy atom. The summed E-state index contributed by atoms with van der Waals surface area (Å²) in [5.41, 5.74) is 0. The molecular formula is C13H25N3O3S. The van der Waals surface area contributed by atoms with Crippen molar-refractivity contribution in [2.45, 2.75) is 44.6 Å². The van der Waals surface area contributed by atoms with Crippen LogP contribution in [0.15, 0.2) is 0 Å². The molecule has 0 radical (unpaired) electrons. The van der Waals surface area contributed by atoms with Gasteiger partial charge in [0.15, 0.2) is 0 Å². The van der Waals surface area contributed by atoms with Crippen LogP contribution < -0.4 is 4.72 Å². The molecule has 1 amide bonds. The van der Waals surface area contributed by atoms with Crippen LogP contribution >= 0.6 is 0 Å². The second-order valence-electron chi connectivity index (χ2n) is 6.11. The summed E-state index contributed by atoms with van der Waals surface area (Å²) in [6, 6.07) is -0.293. The summed E-state index contributed by atoms with van der Waals surface area (Å²) >= 11 is 0. The molecule has 116 valence electrons. The Morgan fingerprint density at radius 1 is 1.25 bits per heavy atom. The number of rotatable bonds is 5. The van der Waals surface area contributed by atoms with Crippen LogP contribution in [0.2, 0.25) is 0 Å². The minimum atomic E-state index is -3.46. The maximum atomic E-state index is 12.0. The van der Waals surface area contributed by atoms with Gasteiger partial charge in [0.25, 0.3) is 10.2 Å². The first kappa shape index (κ1) is 15.7. The van der Waals surface area contributed by atoms with E-state index in [4.69, 9.17) is 0 Å². The zero-order valence-corrected chi connectivity index (χ0v) is 13.2. The molecule has 1 aliphatic heterocycles. The van der Waals surface area contributed by atoms with Gasteiger partial charge in [-0.3, -0.25) is 4.79 Å². The minimum absolute atomic E-state index is 0.0713. The lowest BCUT2D eigenvalue weighted by Gasteiger charge is -2.27. The fourth-order valence-electron chi connectivity index (χ4n) is 3.02. The molecule has 2 rings (SSSR count). The zero-order chi connectivity index (χ0) is 14.8. The third-order valence-corrected chi connectivity index (χ3v) is 5.81. The van der Waals surface area contributed by atoms with E-state index >= 15 is 0 Å². The average molecular weight is 303 g/mol. The smallest absolute Gasteiger partial charge is 0.279 e. The molecule has 2 fully saturated rings. The highest BCUT2D eigenvalue weighted by Crippen LogP contribution is 2.26. The number of hydrogen-bond acceptors (Lipinski definition) is 3. The third kappa shape index (κ3) is 3.93. The van der Waals surface area contributed by atoms with Gasteiger partial charge < -0.3 is 4.90 Å². The van der Waals surface area contributed by atoms with Crippen LogP contribution in [0.1, 0.15) is 38.5 Å². The van der Waals surface area contributed by atoms with Crippen LogP contribution in [-0.2, 0) is 15.0 Å². The van der Waals surface area contributed by atoms with Gasteiger partial charge in [0, 0.05) is 39.6 Å². The molecule has 0 spiro atoms. The predicted octanol–water partition coefficient (Wildman–Crippen LogP) is 0.564. The molecule has 6 nitrogen and oxygen atoms in total. The van der Waals surface area contributed by atoms with Crippen molar-refractivity contribution >= 4 is 16.1 Å². The number of amides is 1. The molecule has 1 atom stereocenters. The van der Waals surface area contributed by atoms with Crippen LogP contribution in [0.4, 0.5) is 0 Å². The summed E-state index contributed by atoms with van der Waals surface area (Å²) in [4.78, 5) is 13.8. The van der Waals surface area contributed by atoms with Gasteiger partial charge in [0.1, 0.15) is 0 Å². The van der Waals surface area contributed by atoms with Crippen molar-refractivity contribution in [1.82, 2.24) is 13.9 Å². The molecule has 1 saturated carbocycles. The summed E-state index contributed by atoms with van der Waals surface area (Å²) in [5.74, 6) is 0.666. The fraction of sp³-hybridized carbons (Fsp3) is 0.923. The Labute approximate surface area is 121 Å². The first-order chi connectivity index (χ1) is 9.38. The predicted molar refractivity (Wildman–Crippen MR) is 77.3 cm³/mol. The van der Waals surface area contributed by atoms with Crippen molar-refractivity contribution in [3.05, 3.63) is 0 Å². The zero-order valence-electron chi connectivity index (χ0n) is 12.3. The number of carbonyl (C=O) groups is 1. The van der Waals surface area contributed by atoms with Gasteiger partial charge in [-0.2, -0.15) is 17.4 Å². The van der Waals surface area contributed by atoms with E-state index in [9.17, 15) is 13.2 Å². The van der Waals surface area contributed by atoms with E-state index in [1.807, 2.05) is 4.90 Å². The lowest BCUT2D eigenvalue weighted by atomic mass is 9.89. The van der Waals surface area contributed by atoms with E-state index in [1.54, 1.807) is 0 Å². The maximum absolute atomic E-state index is 12.0. The molecule has 0 unspecified atom stereocenters. The van der Waals surface area contributed by atoms with Crippen molar-refractivity contribution in [3.8, 4) is 0 Å². The van der Waals surface area contributed by atoms with Crippen LogP contribution in [-0.4, -0.2) is 56.8 Å². The number of nitrogens with one attached hydrogen (secondary N) is 1.